The lowest BCUT2D eigenvalue weighted by Gasteiger charge is -2.40. The van der Waals surface area contributed by atoms with Gasteiger partial charge in [0.2, 0.25) is 11.8 Å². The van der Waals surface area contributed by atoms with Crippen LogP contribution >= 0.6 is 46.8 Å². The summed E-state index contributed by atoms with van der Waals surface area (Å²) in [6.07, 6.45) is 8.15. The molecule has 4 rings (SSSR count). The molecule has 1 aromatic heterocycles. The van der Waals surface area contributed by atoms with E-state index in [1.165, 1.54) is 30.6 Å². The first kappa shape index (κ1) is 25.2. The third kappa shape index (κ3) is 6.38. The molecule has 1 saturated carbocycles. The number of anilines is 2. The number of hydrogen-bond donors (Lipinski definition) is 2. The van der Waals surface area contributed by atoms with Gasteiger partial charge in [-0.15, -0.1) is 11.3 Å². The lowest BCUT2D eigenvalue weighted by atomic mass is 9.84. The molecular formula is C23H27Cl2N5O2S2. The van der Waals surface area contributed by atoms with Crippen LogP contribution in [0.15, 0.2) is 29.8 Å². The van der Waals surface area contributed by atoms with E-state index in [0.717, 1.165) is 12.8 Å². The molecule has 1 aromatic carbocycles. The normalized spacial score (nSPS) is 18.0. The largest absolute Gasteiger partial charge is 0.338 e. The number of nitrogens with one attached hydrogen (secondary N) is 2. The Hall–Kier alpha value is -1.94. The summed E-state index contributed by atoms with van der Waals surface area (Å²) in [5.74, 6) is 0.169. The quantitative estimate of drug-likeness (QED) is 0.487. The zero-order valence-electron chi connectivity index (χ0n) is 18.6. The van der Waals surface area contributed by atoms with Crippen LogP contribution in [-0.4, -0.2) is 57.4 Å². The maximum Gasteiger partial charge on any atom is 0.248 e. The minimum Gasteiger partial charge on any atom is -0.338 e. The molecule has 1 atom stereocenters. The second-order valence-electron chi connectivity index (χ2n) is 8.65. The van der Waals surface area contributed by atoms with Crippen molar-refractivity contribution in [3.05, 3.63) is 39.8 Å². The maximum absolute atomic E-state index is 13.2. The Labute approximate surface area is 218 Å². The third-order valence-corrected chi connectivity index (χ3v) is 8.13. The summed E-state index contributed by atoms with van der Waals surface area (Å²) in [6.45, 7) is 1.06. The number of halogens is 2. The van der Waals surface area contributed by atoms with Crippen molar-refractivity contribution in [3.63, 3.8) is 0 Å². The van der Waals surface area contributed by atoms with Gasteiger partial charge in [-0.05, 0) is 42.8 Å². The van der Waals surface area contributed by atoms with Gasteiger partial charge >= 0.3 is 0 Å². The first-order valence-electron chi connectivity index (χ1n) is 11.4. The molecule has 11 heteroatoms. The Bertz CT molecular complexity index is 1030. The molecule has 0 unspecified atom stereocenters. The molecule has 0 spiro atoms. The number of aromatic nitrogens is 1. The molecule has 2 amide bonds. The van der Waals surface area contributed by atoms with E-state index in [1.54, 1.807) is 29.3 Å². The van der Waals surface area contributed by atoms with Crippen molar-refractivity contribution in [2.45, 2.75) is 44.6 Å². The summed E-state index contributed by atoms with van der Waals surface area (Å²) in [6, 6.07) is 4.65. The molecule has 1 aliphatic carbocycles. The minimum atomic E-state index is -0.516. The predicted octanol–water partition coefficient (Wildman–Crippen LogP) is 5.27. The summed E-state index contributed by atoms with van der Waals surface area (Å²) in [5, 5.41) is 9.71. The molecule has 2 N–H and O–H groups in total. The van der Waals surface area contributed by atoms with Gasteiger partial charge in [0.05, 0.1) is 16.6 Å². The summed E-state index contributed by atoms with van der Waals surface area (Å²) in [7, 11) is 0. The molecule has 0 bridgehead atoms. The smallest absolute Gasteiger partial charge is 0.248 e. The first-order valence-corrected chi connectivity index (χ1v) is 13.5. The second-order valence-corrected chi connectivity index (χ2v) is 10.7. The number of piperazine rings is 1. The van der Waals surface area contributed by atoms with Gasteiger partial charge in [-0.25, -0.2) is 4.98 Å². The van der Waals surface area contributed by atoms with E-state index in [0.29, 0.717) is 51.4 Å². The third-order valence-electron chi connectivity index (χ3n) is 6.34. The molecule has 2 aromatic rings. The predicted molar refractivity (Wildman–Crippen MR) is 142 cm³/mol. The van der Waals surface area contributed by atoms with Crippen molar-refractivity contribution >= 4 is 74.5 Å². The Kier molecular flexibility index (Phi) is 8.63. The van der Waals surface area contributed by atoms with Gasteiger partial charge in [0.1, 0.15) is 6.04 Å². The molecule has 2 heterocycles. The van der Waals surface area contributed by atoms with Crippen LogP contribution in [0.2, 0.25) is 10.0 Å². The zero-order chi connectivity index (χ0) is 24.1. The highest BCUT2D eigenvalue weighted by Crippen LogP contribution is 2.30. The van der Waals surface area contributed by atoms with Crippen LogP contribution in [0.4, 0.5) is 10.8 Å². The van der Waals surface area contributed by atoms with E-state index in [-0.39, 0.29) is 18.4 Å². The van der Waals surface area contributed by atoms with Crippen molar-refractivity contribution in [3.8, 4) is 0 Å². The number of carbonyl (C=O) groups is 2. The second kappa shape index (κ2) is 11.7. The molecule has 2 fully saturated rings. The standard InChI is InChI=1S/C23H27Cl2N5O2S2/c24-17-7-6-16(13-18(17)25)27-23(33)29-9-10-30(20(31)14-29)19(12-15-4-2-1-3-5-15)21(32)28-22-26-8-11-34-22/h6-8,11,13,15,19H,1-5,9-10,12,14H2,(H,27,33)(H,26,28,32)/t19-/m0/s1. The van der Waals surface area contributed by atoms with Crippen LogP contribution in [0.1, 0.15) is 38.5 Å². The number of benzene rings is 1. The molecule has 34 heavy (non-hydrogen) atoms. The fraction of sp³-hybridized carbons (Fsp3) is 0.478. The fourth-order valence-electron chi connectivity index (χ4n) is 4.55. The molecule has 1 aliphatic heterocycles. The van der Waals surface area contributed by atoms with E-state index in [2.05, 4.69) is 15.6 Å². The number of amides is 2. The number of carbonyl (C=O) groups excluding carboxylic acids is 2. The average molecular weight is 541 g/mol. The van der Waals surface area contributed by atoms with E-state index >= 15 is 0 Å². The van der Waals surface area contributed by atoms with Crippen LogP contribution in [-0.2, 0) is 9.59 Å². The van der Waals surface area contributed by atoms with Gasteiger partial charge in [-0.2, -0.15) is 0 Å². The van der Waals surface area contributed by atoms with Crippen molar-refractivity contribution < 1.29 is 9.59 Å². The van der Waals surface area contributed by atoms with Gasteiger partial charge in [-0.1, -0.05) is 55.3 Å². The SMILES string of the molecule is O=C(Nc1nccs1)[C@H](CC1CCCCC1)N1CCN(C(=S)Nc2ccc(Cl)c(Cl)c2)CC1=O. The number of nitrogens with zero attached hydrogens (tertiary/aromatic N) is 3. The van der Waals surface area contributed by atoms with Crippen LogP contribution < -0.4 is 10.6 Å². The molecular weight excluding hydrogens is 513 g/mol. The van der Waals surface area contributed by atoms with Crippen molar-refractivity contribution in [2.24, 2.45) is 5.92 Å². The van der Waals surface area contributed by atoms with Crippen LogP contribution in [0.5, 0.6) is 0 Å². The molecule has 182 valence electrons. The molecule has 0 radical (unpaired) electrons. The van der Waals surface area contributed by atoms with E-state index in [4.69, 9.17) is 35.4 Å². The molecule has 2 aliphatic rings. The number of thiocarbonyl (C=S) groups is 1. The average Bonchev–Trinajstić information content (AvgIpc) is 3.34. The van der Waals surface area contributed by atoms with Gasteiger partial charge < -0.3 is 20.4 Å². The molecule has 7 nitrogen and oxygen atoms in total. The zero-order valence-corrected chi connectivity index (χ0v) is 21.8. The Morgan fingerprint density at radius 2 is 1.97 bits per heavy atom. The molecule has 1 saturated heterocycles. The summed E-state index contributed by atoms with van der Waals surface area (Å²) >= 11 is 19.0. The summed E-state index contributed by atoms with van der Waals surface area (Å²) in [4.78, 5) is 34.1. The van der Waals surface area contributed by atoms with E-state index in [1.807, 2.05) is 10.3 Å². The highest BCUT2D eigenvalue weighted by molar-refractivity contribution is 7.80. The lowest BCUT2D eigenvalue weighted by molar-refractivity contribution is -0.142. The van der Waals surface area contributed by atoms with Crippen LogP contribution in [0, 0.1) is 5.92 Å². The van der Waals surface area contributed by atoms with Crippen molar-refractivity contribution in [1.29, 1.82) is 0 Å². The number of hydrogen-bond acceptors (Lipinski definition) is 5. The topological polar surface area (TPSA) is 77.6 Å². The first-order chi connectivity index (χ1) is 16.4. The van der Waals surface area contributed by atoms with Gasteiger partial charge in [0.15, 0.2) is 10.2 Å². The Morgan fingerprint density at radius 1 is 1.18 bits per heavy atom. The number of thiazole rings is 1. The maximum atomic E-state index is 13.2. The number of rotatable bonds is 6. The van der Waals surface area contributed by atoms with E-state index < -0.39 is 6.04 Å². The lowest BCUT2D eigenvalue weighted by Crippen LogP contribution is -2.59. The highest BCUT2D eigenvalue weighted by Gasteiger charge is 2.36. The van der Waals surface area contributed by atoms with Crippen LogP contribution in [0.25, 0.3) is 0 Å². The minimum absolute atomic E-state index is 0.110. The van der Waals surface area contributed by atoms with E-state index in [9.17, 15) is 9.59 Å². The highest BCUT2D eigenvalue weighted by atomic mass is 35.5. The van der Waals surface area contributed by atoms with Crippen molar-refractivity contribution in [1.82, 2.24) is 14.8 Å². The van der Waals surface area contributed by atoms with Crippen LogP contribution in [0.3, 0.4) is 0 Å². The Balaban J connectivity index is 1.41. The van der Waals surface area contributed by atoms with Gasteiger partial charge in [0.25, 0.3) is 0 Å². The monoisotopic (exact) mass is 539 g/mol. The van der Waals surface area contributed by atoms with Gasteiger partial charge in [0, 0.05) is 30.4 Å². The fourth-order valence-corrected chi connectivity index (χ4v) is 5.66. The van der Waals surface area contributed by atoms with Gasteiger partial charge in [-0.3, -0.25) is 9.59 Å². The summed E-state index contributed by atoms with van der Waals surface area (Å²) in [5.41, 5.74) is 0.701. The van der Waals surface area contributed by atoms with Crippen molar-refractivity contribution in [2.75, 3.05) is 30.3 Å². The Morgan fingerprint density at radius 3 is 2.65 bits per heavy atom. The summed E-state index contributed by atoms with van der Waals surface area (Å²) < 4.78 is 0.